The second-order valence-corrected chi connectivity index (χ2v) is 8.47. The summed E-state index contributed by atoms with van der Waals surface area (Å²) in [5.74, 6) is -0.186. The number of likely N-dealkylation sites (tertiary alicyclic amines) is 1. The Balaban J connectivity index is 1.79. The van der Waals surface area contributed by atoms with E-state index in [1.807, 2.05) is 19.1 Å². The molecule has 178 valence electrons. The van der Waals surface area contributed by atoms with Gasteiger partial charge < -0.3 is 24.2 Å². The molecule has 0 spiro atoms. The van der Waals surface area contributed by atoms with Crippen LogP contribution < -0.4 is 9.47 Å². The van der Waals surface area contributed by atoms with Crippen molar-refractivity contribution in [1.29, 1.82) is 0 Å². The smallest absolute Gasteiger partial charge is 0.295 e. The van der Waals surface area contributed by atoms with Gasteiger partial charge in [-0.15, -0.1) is 0 Å². The number of nitrogens with zero attached hydrogens (tertiary/aromatic N) is 1. The molecule has 0 bridgehead atoms. The van der Waals surface area contributed by atoms with E-state index in [4.69, 9.17) is 14.2 Å². The highest BCUT2D eigenvalue weighted by atomic mass is 16.5. The number of fused-ring (bicyclic) bond motifs is 1. The Bertz CT molecular complexity index is 1140. The monoisotopic (exact) mass is 463 g/mol. The second kappa shape index (κ2) is 10.1. The molecule has 1 fully saturated rings. The first-order chi connectivity index (χ1) is 16.4. The number of amides is 1. The van der Waals surface area contributed by atoms with Gasteiger partial charge in [-0.2, -0.15) is 0 Å². The molecule has 34 heavy (non-hydrogen) atoms. The Morgan fingerprint density at radius 1 is 1.26 bits per heavy atom. The summed E-state index contributed by atoms with van der Waals surface area (Å²) < 4.78 is 16.6. The molecular weight excluding hydrogens is 434 g/mol. The molecule has 2 aliphatic rings. The Labute approximate surface area is 199 Å². The third kappa shape index (κ3) is 4.56. The van der Waals surface area contributed by atoms with Gasteiger partial charge in [0.2, 0.25) is 0 Å². The highest BCUT2D eigenvalue weighted by Gasteiger charge is 2.46. The first-order valence-corrected chi connectivity index (χ1v) is 11.4. The highest BCUT2D eigenvalue weighted by Crippen LogP contribution is 2.41. The van der Waals surface area contributed by atoms with E-state index in [0.717, 1.165) is 11.3 Å². The van der Waals surface area contributed by atoms with E-state index in [2.05, 4.69) is 6.58 Å². The van der Waals surface area contributed by atoms with Crippen molar-refractivity contribution in [1.82, 2.24) is 4.90 Å². The van der Waals surface area contributed by atoms with Crippen molar-refractivity contribution in [2.45, 2.75) is 31.9 Å². The number of carbonyl (C=O) groups is 2. The molecule has 1 saturated heterocycles. The quantitative estimate of drug-likeness (QED) is 0.199. The van der Waals surface area contributed by atoms with Crippen LogP contribution in [0.15, 0.2) is 60.7 Å². The van der Waals surface area contributed by atoms with Crippen molar-refractivity contribution in [2.75, 3.05) is 26.9 Å². The lowest BCUT2D eigenvalue weighted by molar-refractivity contribution is -0.140. The summed E-state index contributed by atoms with van der Waals surface area (Å²) in [4.78, 5) is 27.7. The van der Waals surface area contributed by atoms with Crippen LogP contribution in [0.5, 0.6) is 11.5 Å². The molecule has 7 heteroatoms. The molecule has 2 aliphatic heterocycles. The molecule has 1 amide bonds. The number of methoxy groups -OCH3 is 1. The summed E-state index contributed by atoms with van der Waals surface area (Å²) in [7, 11) is 1.59. The van der Waals surface area contributed by atoms with E-state index >= 15 is 0 Å². The fourth-order valence-corrected chi connectivity index (χ4v) is 4.49. The van der Waals surface area contributed by atoms with Crippen LogP contribution in [0.3, 0.4) is 0 Å². The van der Waals surface area contributed by atoms with Crippen molar-refractivity contribution in [3.05, 3.63) is 77.4 Å². The predicted octanol–water partition coefficient (Wildman–Crippen LogP) is 4.03. The van der Waals surface area contributed by atoms with Crippen molar-refractivity contribution in [2.24, 2.45) is 0 Å². The molecule has 2 atom stereocenters. The van der Waals surface area contributed by atoms with Crippen molar-refractivity contribution in [3.8, 4) is 11.5 Å². The Hall–Kier alpha value is -3.58. The van der Waals surface area contributed by atoms with E-state index < -0.39 is 17.7 Å². The number of ether oxygens (including phenoxy) is 3. The fraction of sp³-hybridized carbons (Fsp3) is 0.333. The van der Waals surface area contributed by atoms with Gasteiger partial charge in [0.15, 0.2) is 0 Å². The number of ketones is 1. The lowest BCUT2D eigenvalue weighted by Crippen LogP contribution is -2.31. The summed E-state index contributed by atoms with van der Waals surface area (Å²) in [6.07, 6.45) is 2.97. The summed E-state index contributed by atoms with van der Waals surface area (Å²) in [5, 5.41) is 11.3. The van der Waals surface area contributed by atoms with E-state index in [0.29, 0.717) is 49.5 Å². The van der Waals surface area contributed by atoms with Gasteiger partial charge in [-0.25, -0.2) is 0 Å². The zero-order valence-electron chi connectivity index (χ0n) is 19.5. The minimum absolute atomic E-state index is 0.0528. The van der Waals surface area contributed by atoms with Crippen LogP contribution >= 0.6 is 0 Å². The van der Waals surface area contributed by atoms with Gasteiger partial charge in [-0.05, 0) is 54.8 Å². The number of aliphatic hydroxyl groups excluding tert-OH is 1. The van der Waals surface area contributed by atoms with Crippen LogP contribution in [0.2, 0.25) is 0 Å². The van der Waals surface area contributed by atoms with Gasteiger partial charge in [0.1, 0.15) is 30.0 Å². The topological polar surface area (TPSA) is 85.3 Å². The third-order valence-corrected chi connectivity index (χ3v) is 6.00. The van der Waals surface area contributed by atoms with Gasteiger partial charge in [-0.3, -0.25) is 9.59 Å². The molecule has 1 N–H and O–H groups in total. The number of Topliss-reactive ketones (excluding diaryl/α,β-unsaturated/α-hetero) is 1. The minimum Gasteiger partial charge on any atom is -0.507 e. The Kier molecular flexibility index (Phi) is 7.03. The van der Waals surface area contributed by atoms with Gasteiger partial charge in [0.05, 0.1) is 11.6 Å². The van der Waals surface area contributed by atoms with Crippen LogP contribution in [0.4, 0.5) is 0 Å². The number of rotatable bonds is 9. The summed E-state index contributed by atoms with van der Waals surface area (Å²) in [6, 6.07) is 11.8. The molecule has 0 radical (unpaired) electrons. The van der Waals surface area contributed by atoms with Crippen molar-refractivity contribution >= 4 is 17.4 Å². The summed E-state index contributed by atoms with van der Waals surface area (Å²) >= 11 is 0. The first-order valence-electron chi connectivity index (χ1n) is 11.4. The number of aliphatic hydroxyl groups is 1. The van der Waals surface area contributed by atoms with Crippen LogP contribution in [-0.2, 0) is 20.7 Å². The van der Waals surface area contributed by atoms with Gasteiger partial charge in [0, 0.05) is 32.2 Å². The largest absolute Gasteiger partial charge is 0.507 e. The molecule has 2 aromatic rings. The standard InChI is InChI=1S/C27H29NO6/c1-4-12-33-21-8-5-7-18(16-21)24-23(26(30)27(31)28(24)11-6-13-32-3)25(29)19-9-10-22-20(15-19)14-17(2)34-22/h4-5,7-10,15-17,24,29H,1,6,11-14H2,2-3H3/t17-,24-/m0/s1. The average molecular weight is 464 g/mol. The number of benzene rings is 2. The normalized spacial score (nSPS) is 20.8. The maximum Gasteiger partial charge on any atom is 0.295 e. The molecule has 4 rings (SSSR count). The van der Waals surface area contributed by atoms with Crippen LogP contribution in [-0.4, -0.2) is 54.7 Å². The van der Waals surface area contributed by atoms with Crippen LogP contribution in [0.25, 0.3) is 5.76 Å². The predicted molar refractivity (Wildman–Crippen MR) is 128 cm³/mol. The maximum absolute atomic E-state index is 13.2. The number of carbonyl (C=O) groups excluding carboxylic acids is 2. The summed E-state index contributed by atoms with van der Waals surface area (Å²) in [5.41, 5.74) is 2.19. The fourth-order valence-electron chi connectivity index (χ4n) is 4.49. The van der Waals surface area contributed by atoms with E-state index in [-0.39, 0.29) is 17.4 Å². The molecular formula is C27H29NO6. The molecule has 2 heterocycles. The molecule has 0 unspecified atom stereocenters. The molecule has 0 aliphatic carbocycles. The van der Waals surface area contributed by atoms with Crippen molar-refractivity contribution in [3.63, 3.8) is 0 Å². The molecule has 2 aromatic carbocycles. The number of hydrogen-bond acceptors (Lipinski definition) is 6. The molecule has 7 nitrogen and oxygen atoms in total. The van der Waals surface area contributed by atoms with Crippen LogP contribution in [0, 0.1) is 0 Å². The molecule has 0 aromatic heterocycles. The SMILES string of the molecule is C=CCOc1cccc([C@H]2C(=C(O)c3ccc4c(c3)C[C@H](C)O4)C(=O)C(=O)N2CCCOC)c1. The average Bonchev–Trinajstić information content (AvgIpc) is 3.33. The molecule has 0 saturated carbocycles. The minimum atomic E-state index is -0.743. The summed E-state index contributed by atoms with van der Waals surface area (Å²) in [6.45, 7) is 6.73. The van der Waals surface area contributed by atoms with E-state index in [1.165, 1.54) is 4.90 Å². The third-order valence-electron chi connectivity index (χ3n) is 6.00. The number of hydrogen-bond donors (Lipinski definition) is 1. The Morgan fingerprint density at radius 3 is 2.85 bits per heavy atom. The second-order valence-electron chi connectivity index (χ2n) is 8.47. The van der Waals surface area contributed by atoms with Crippen molar-refractivity contribution < 1.29 is 28.9 Å². The zero-order valence-corrected chi connectivity index (χ0v) is 19.5. The lowest BCUT2D eigenvalue weighted by atomic mass is 9.94. The zero-order chi connectivity index (χ0) is 24.2. The van der Waals surface area contributed by atoms with Gasteiger partial charge in [0.25, 0.3) is 11.7 Å². The first kappa shape index (κ1) is 23.6. The van der Waals surface area contributed by atoms with Gasteiger partial charge in [-0.1, -0.05) is 24.8 Å². The maximum atomic E-state index is 13.2. The lowest BCUT2D eigenvalue weighted by Gasteiger charge is -2.25. The van der Waals surface area contributed by atoms with E-state index in [9.17, 15) is 14.7 Å². The van der Waals surface area contributed by atoms with Crippen LogP contribution in [0.1, 0.15) is 36.1 Å². The van der Waals surface area contributed by atoms with Gasteiger partial charge >= 0.3 is 0 Å². The highest BCUT2D eigenvalue weighted by molar-refractivity contribution is 6.46. The Morgan fingerprint density at radius 2 is 2.09 bits per heavy atom. The van der Waals surface area contributed by atoms with E-state index in [1.54, 1.807) is 43.5 Å².